The number of carbonyl (C=O) groups excluding carboxylic acids is 1. The van der Waals surface area contributed by atoms with Gasteiger partial charge in [-0.2, -0.15) is 0 Å². The fourth-order valence-corrected chi connectivity index (χ4v) is 4.18. The lowest BCUT2D eigenvalue weighted by Crippen LogP contribution is -2.57. The number of carbonyl (C=O) groups is 1. The maximum Gasteiger partial charge on any atom is 0.129 e. The molecule has 0 bridgehead atoms. The van der Waals surface area contributed by atoms with Gasteiger partial charge in [-0.05, 0) is 37.5 Å². The molecule has 18 heavy (non-hydrogen) atoms. The first kappa shape index (κ1) is 13.8. The largest absolute Gasteiger partial charge is 0.392 e. The van der Waals surface area contributed by atoms with E-state index in [-0.39, 0.29) is 11.8 Å². The number of rotatable bonds is 3. The summed E-state index contributed by atoms with van der Waals surface area (Å²) in [5.41, 5.74) is 0.400. The zero-order valence-corrected chi connectivity index (χ0v) is 11.4. The topological polar surface area (TPSA) is 46.5 Å². The minimum atomic E-state index is -0.664. The Morgan fingerprint density at radius 2 is 2.22 bits per heavy atom. The first-order valence-electron chi connectivity index (χ1n) is 6.88. The molecule has 0 heterocycles. The van der Waals surface area contributed by atoms with Gasteiger partial charge in [-0.1, -0.05) is 19.1 Å². The van der Waals surface area contributed by atoms with Crippen molar-refractivity contribution in [3.63, 3.8) is 0 Å². The van der Waals surface area contributed by atoms with Gasteiger partial charge in [0.1, 0.15) is 6.29 Å². The van der Waals surface area contributed by atoms with Gasteiger partial charge in [0, 0.05) is 13.0 Å². The molecule has 0 aromatic heterocycles. The Hall–Kier alpha value is -0.670. The van der Waals surface area contributed by atoms with E-state index in [1.165, 1.54) is 0 Å². The molecular weight excluding hydrogens is 228 g/mol. The van der Waals surface area contributed by atoms with Gasteiger partial charge in [0.2, 0.25) is 0 Å². The van der Waals surface area contributed by atoms with Crippen molar-refractivity contribution in [1.82, 2.24) is 0 Å². The number of aliphatic hydroxyl groups is 1. The van der Waals surface area contributed by atoms with Gasteiger partial charge in [-0.3, -0.25) is 0 Å². The first-order valence-corrected chi connectivity index (χ1v) is 6.88. The van der Waals surface area contributed by atoms with Crippen molar-refractivity contribution in [3.8, 4) is 0 Å². The molecule has 5 unspecified atom stereocenters. The Bertz CT molecular complexity index is 339. The maximum absolute atomic E-state index is 11.8. The quantitative estimate of drug-likeness (QED) is 0.618. The first-order chi connectivity index (χ1) is 8.57. The molecule has 2 aliphatic carbocycles. The Balaban J connectivity index is 2.42. The number of hydrogen-bond acceptors (Lipinski definition) is 3. The lowest BCUT2D eigenvalue weighted by atomic mass is 9.50. The van der Waals surface area contributed by atoms with Crippen molar-refractivity contribution >= 4 is 6.29 Å². The molecule has 0 amide bonds. The van der Waals surface area contributed by atoms with Gasteiger partial charge in [-0.15, -0.1) is 0 Å². The van der Waals surface area contributed by atoms with Crippen molar-refractivity contribution in [2.75, 3.05) is 13.7 Å². The molecule has 2 saturated carbocycles. The lowest BCUT2D eigenvalue weighted by Gasteiger charge is -2.54. The van der Waals surface area contributed by atoms with E-state index in [0.29, 0.717) is 18.9 Å². The smallest absolute Gasteiger partial charge is 0.129 e. The summed E-state index contributed by atoms with van der Waals surface area (Å²) in [7, 11) is 1.65. The van der Waals surface area contributed by atoms with Gasteiger partial charge in [0.15, 0.2) is 0 Å². The van der Waals surface area contributed by atoms with Crippen LogP contribution in [0.3, 0.4) is 0 Å². The second kappa shape index (κ2) is 5.14. The third kappa shape index (κ3) is 1.84. The summed E-state index contributed by atoms with van der Waals surface area (Å²) in [6, 6.07) is 0. The van der Waals surface area contributed by atoms with Crippen LogP contribution in [-0.4, -0.2) is 31.2 Å². The summed E-state index contributed by atoms with van der Waals surface area (Å²) in [6.45, 7) is 6.79. The number of fused-ring (bicyclic) bond motifs is 1. The molecule has 102 valence electrons. The standard InChI is InChI=1S/C15H24O3/c1-10-5-7-14(17)15(9-16)12(10)6-4-11(2)13(15)8-18-3/h9-10,12-14,17H,2,4-8H2,1,3H3. The third-order valence-corrected chi connectivity index (χ3v) is 5.21. The SMILES string of the molecule is C=C1CCC2C(C)CCC(O)C2(C=O)C1COC. The summed E-state index contributed by atoms with van der Waals surface area (Å²) >= 11 is 0. The second-order valence-electron chi connectivity index (χ2n) is 6.00. The van der Waals surface area contributed by atoms with Crippen LogP contribution < -0.4 is 0 Å². The highest BCUT2D eigenvalue weighted by Crippen LogP contribution is 2.55. The minimum absolute atomic E-state index is 0.0310. The predicted molar refractivity (Wildman–Crippen MR) is 70.1 cm³/mol. The van der Waals surface area contributed by atoms with Gasteiger partial charge < -0.3 is 14.6 Å². The third-order valence-electron chi connectivity index (χ3n) is 5.21. The van der Waals surface area contributed by atoms with Crippen molar-refractivity contribution in [2.24, 2.45) is 23.2 Å². The van der Waals surface area contributed by atoms with E-state index in [1.807, 2.05) is 0 Å². The minimum Gasteiger partial charge on any atom is -0.392 e. The van der Waals surface area contributed by atoms with Crippen LogP contribution in [0.2, 0.25) is 0 Å². The summed E-state index contributed by atoms with van der Waals surface area (Å²) in [4.78, 5) is 11.8. The van der Waals surface area contributed by atoms with E-state index in [9.17, 15) is 9.90 Å². The molecule has 0 radical (unpaired) electrons. The van der Waals surface area contributed by atoms with Gasteiger partial charge in [-0.25, -0.2) is 0 Å². The summed E-state index contributed by atoms with van der Waals surface area (Å²) < 4.78 is 5.28. The predicted octanol–water partition coefficient (Wildman–Crippen LogP) is 2.19. The highest BCUT2D eigenvalue weighted by Gasteiger charge is 2.57. The Morgan fingerprint density at radius 1 is 1.50 bits per heavy atom. The summed E-state index contributed by atoms with van der Waals surface area (Å²) in [5.74, 6) is 0.729. The van der Waals surface area contributed by atoms with Crippen LogP contribution in [0.4, 0.5) is 0 Å². The fourth-order valence-electron chi connectivity index (χ4n) is 4.18. The molecule has 0 aromatic rings. The van der Waals surface area contributed by atoms with Gasteiger partial charge in [0.05, 0.1) is 18.1 Å². The molecule has 3 nitrogen and oxygen atoms in total. The van der Waals surface area contributed by atoms with E-state index in [0.717, 1.165) is 31.1 Å². The molecule has 2 fully saturated rings. The maximum atomic E-state index is 11.8. The van der Waals surface area contributed by atoms with E-state index in [2.05, 4.69) is 13.5 Å². The Labute approximate surface area is 109 Å². The van der Waals surface area contributed by atoms with Crippen LogP contribution in [0.15, 0.2) is 12.2 Å². The van der Waals surface area contributed by atoms with Crippen LogP contribution in [0, 0.1) is 23.2 Å². The molecule has 5 atom stereocenters. The van der Waals surface area contributed by atoms with Crippen molar-refractivity contribution < 1.29 is 14.6 Å². The summed E-state index contributed by atoms with van der Waals surface area (Å²) in [6.07, 6.45) is 4.10. The molecule has 3 heteroatoms. The molecule has 0 aromatic carbocycles. The Kier molecular flexibility index (Phi) is 3.93. The molecule has 0 aliphatic heterocycles. The van der Waals surface area contributed by atoms with E-state index in [4.69, 9.17) is 4.74 Å². The zero-order valence-electron chi connectivity index (χ0n) is 11.4. The fraction of sp³-hybridized carbons (Fsp3) is 0.800. The lowest BCUT2D eigenvalue weighted by molar-refractivity contribution is -0.153. The number of aldehydes is 1. The Morgan fingerprint density at radius 3 is 2.83 bits per heavy atom. The number of hydrogen-bond donors (Lipinski definition) is 1. The average molecular weight is 252 g/mol. The average Bonchev–Trinajstić information content (AvgIpc) is 2.37. The molecule has 0 saturated heterocycles. The van der Waals surface area contributed by atoms with Crippen molar-refractivity contribution in [3.05, 3.63) is 12.2 Å². The van der Waals surface area contributed by atoms with E-state index < -0.39 is 11.5 Å². The normalized spacial score (nSPS) is 44.5. The van der Waals surface area contributed by atoms with Crippen molar-refractivity contribution in [2.45, 2.75) is 38.7 Å². The van der Waals surface area contributed by atoms with Gasteiger partial charge in [0.25, 0.3) is 0 Å². The van der Waals surface area contributed by atoms with Crippen LogP contribution in [0.1, 0.15) is 32.6 Å². The zero-order chi connectivity index (χ0) is 13.3. The number of methoxy groups -OCH3 is 1. The van der Waals surface area contributed by atoms with Crippen molar-refractivity contribution in [1.29, 1.82) is 0 Å². The number of aliphatic hydroxyl groups excluding tert-OH is 1. The second-order valence-corrected chi connectivity index (χ2v) is 6.00. The summed E-state index contributed by atoms with van der Waals surface area (Å²) in [5, 5.41) is 10.5. The van der Waals surface area contributed by atoms with Crippen LogP contribution in [0.5, 0.6) is 0 Å². The number of ether oxygens (including phenoxy) is 1. The molecule has 2 aliphatic rings. The molecule has 2 rings (SSSR count). The van der Waals surface area contributed by atoms with E-state index >= 15 is 0 Å². The molecule has 1 N–H and O–H groups in total. The van der Waals surface area contributed by atoms with Crippen LogP contribution >= 0.6 is 0 Å². The highest BCUT2D eigenvalue weighted by molar-refractivity contribution is 5.64. The van der Waals surface area contributed by atoms with Gasteiger partial charge >= 0.3 is 0 Å². The van der Waals surface area contributed by atoms with E-state index in [1.54, 1.807) is 7.11 Å². The van der Waals surface area contributed by atoms with Crippen LogP contribution in [0.25, 0.3) is 0 Å². The monoisotopic (exact) mass is 252 g/mol. The highest BCUT2D eigenvalue weighted by atomic mass is 16.5. The molecular formula is C15H24O3. The molecule has 0 spiro atoms. The van der Waals surface area contributed by atoms with Crippen LogP contribution in [-0.2, 0) is 9.53 Å².